The number of nitrogens with zero attached hydrogens (tertiary/aromatic N) is 1. The number of sulfonamides is 1. The van der Waals surface area contributed by atoms with E-state index in [1.807, 2.05) is 13.8 Å². The number of carbonyl (C=O) groups excluding carboxylic acids is 1. The highest BCUT2D eigenvalue weighted by molar-refractivity contribution is 7.89. The molecule has 8 heteroatoms. The Kier molecular flexibility index (Phi) is 5.02. The van der Waals surface area contributed by atoms with Gasteiger partial charge in [0.05, 0.1) is 13.2 Å². The first-order chi connectivity index (χ1) is 9.95. The lowest BCUT2D eigenvalue weighted by molar-refractivity contribution is 0.0722. The maximum Gasteiger partial charge on any atom is 0.287 e. The highest BCUT2D eigenvalue weighted by atomic mass is 32.2. The molecule has 21 heavy (non-hydrogen) atoms. The average molecular weight is 316 g/mol. The van der Waals surface area contributed by atoms with Gasteiger partial charge in [0.15, 0.2) is 5.76 Å². The van der Waals surface area contributed by atoms with Crippen LogP contribution in [-0.4, -0.2) is 51.0 Å². The number of rotatable bonds is 5. The molecule has 1 fully saturated rings. The molecule has 0 aliphatic carbocycles. The molecule has 1 aromatic heterocycles. The molecule has 0 spiro atoms. The zero-order valence-corrected chi connectivity index (χ0v) is 13.0. The van der Waals surface area contributed by atoms with E-state index in [-0.39, 0.29) is 30.0 Å². The van der Waals surface area contributed by atoms with Crippen LogP contribution in [0.25, 0.3) is 0 Å². The lowest BCUT2D eigenvalue weighted by Crippen LogP contribution is -2.40. The van der Waals surface area contributed by atoms with Crippen molar-refractivity contribution in [3.63, 3.8) is 0 Å². The lowest BCUT2D eigenvalue weighted by atomic mass is 10.2. The minimum atomic E-state index is -3.70. The van der Waals surface area contributed by atoms with Gasteiger partial charge >= 0.3 is 0 Å². The quantitative estimate of drug-likeness (QED) is 0.869. The fourth-order valence-electron chi connectivity index (χ4n) is 1.89. The second-order valence-corrected chi connectivity index (χ2v) is 6.79. The van der Waals surface area contributed by atoms with Gasteiger partial charge in [0.25, 0.3) is 15.9 Å². The predicted octanol–water partition coefficient (Wildman–Crippen LogP) is 0.829. The van der Waals surface area contributed by atoms with E-state index < -0.39 is 15.9 Å². The maximum atomic E-state index is 12.3. The van der Waals surface area contributed by atoms with Crippen LogP contribution < -0.4 is 5.32 Å². The first-order valence-electron chi connectivity index (χ1n) is 6.93. The number of furan rings is 1. The molecule has 1 unspecified atom stereocenters. The molecule has 1 aromatic rings. The van der Waals surface area contributed by atoms with Crippen molar-refractivity contribution in [3.8, 4) is 0 Å². The van der Waals surface area contributed by atoms with Crippen molar-refractivity contribution in [1.82, 2.24) is 9.62 Å². The third-order valence-corrected chi connectivity index (χ3v) is 5.13. The second kappa shape index (κ2) is 6.59. The monoisotopic (exact) mass is 316 g/mol. The summed E-state index contributed by atoms with van der Waals surface area (Å²) in [6.07, 6.45) is 0.783. The third-order valence-electron chi connectivity index (χ3n) is 3.36. The molecule has 1 N–H and O–H groups in total. The van der Waals surface area contributed by atoms with Crippen LogP contribution in [-0.2, 0) is 14.8 Å². The zero-order valence-electron chi connectivity index (χ0n) is 12.2. The Morgan fingerprint density at radius 3 is 2.67 bits per heavy atom. The molecular weight excluding hydrogens is 296 g/mol. The molecule has 0 radical (unpaired) electrons. The predicted molar refractivity (Wildman–Crippen MR) is 75.5 cm³/mol. The first-order valence-corrected chi connectivity index (χ1v) is 8.37. The summed E-state index contributed by atoms with van der Waals surface area (Å²) in [5, 5.41) is 2.52. The van der Waals surface area contributed by atoms with Gasteiger partial charge in [-0.25, -0.2) is 8.42 Å². The molecule has 7 nitrogen and oxygen atoms in total. The first kappa shape index (κ1) is 16.0. The molecule has 2 heterocycles. The third kappa shape index (κ3) is 3.63. The normalized spacial score (nSPS) is 18.4. The van der Waals surface area contributed by atoms with E-state index in [0.29, 0.717) is 13.2 Å². The number of hydrogen-bond donors (Lipinski definition) is 1. The summed E-state index contributed by atoms with van der Waals surface area (Å²) in [5.41, 5.74) is 0. The highest BCUT2D eigenvalue weighted by Crippen LogP contribution is 2.20. The molecule has 2 rings (SSSR count). The zero-order chi connectivity index (χ0) is 15.5. The molecule has 1 amide bonds. The van der Waals surface area contributed by atoms with Gasteiger partial charge in [-0.05, 0) is 25.5 Å². The van der Waals surface area contributed by atoms with Crippen LogP contribution in [0.2, 0.25) is 0 Å². The molecule has 0 aromatic carbocycles. The van der Waals surface area contributed by atoms with Crippen LogP contribution in [0.1, 0.15) is 30.8 Å². The van der Waals surface area contributed by atoms with Gasteiger partial charge in [-0.15, -0.1) is 0 Å². The number of hydrogen-bond acceptors (Lipinski definition) is 5. The summed E-state index contributed by atoms with van der Waals surface area (Å²) in [5.74, 6) is -0.407. The molecule has 1 aliphatic rings. The maximum absolute atomic E-state index is 12.3. The van der Waals surface area contributed by atoms with E-state index >= 15 is 0 Å². The molecule has 1 atom stereocenters. The molecular formula is C13H20N2O5S. The van der Waals surface area contributed by atoms with Gasteiger partial charge in [0.2, 0.25) is 5.09 Å². The van der Waals surface area contributed by atoms with Gasteiger partial charge in [0, 0.05) is 19.1 Å². The lowest BCUT2D eigenvalue weighted by Gasteiger charge is -2.24. The smallest absolute Gasteiger partial charge is 0.287 e. The van der Waals surface area contributed by atoms with Gasteiger partial charge in [-0.2, -0.15) is 4.31 Å². The summed E-state index contributed by atoms with van der Waals surface area (Å²) < 4.78 is 36.3. The summed E-state index contributed by atoms with van der Waals surface area (Å²) in [6, 6.07) is 2.70. The molecule has 0 saturated carbocycles. The van der Waals surface area contributed by atoms with Crippen molar-refractivity contribution >= 4 is 15.9 Å². The number of carbonyl (C=O) groups is 1. The van der Waals surface area contributed by atoms with Crippen molar-refractivity contribution in [2.45, 2.75) is 31.4 Å². The van der Waals surface area contributed by atoms with E-state index in [1.165, 1.54) is 16.4 Å². The number of amides is 1. The number of morpholine rings is 1. The van der Waals surface area contributed by atoms with Crippen LogP contribution in [0.3, 0.4) is 0 Å². The van der Waals surface area contributed by atoms with Crippen LogP contribution in [0, 0.1) is 0 Å². The number of ether oxygens (including phenoxy) is 1. The van der Waals surface area contributed by atoms with Crippen LogP contribution >= 0.6 is 0 Å². The van der Waals surface area contributed by atoms with E-state index in [0.717, 1.165) is 6.42 Å². The summed E-state index contributed by atoms with van der Waals surface area (Å²) in [4.78, 5) is 11.9. The summed E-state index contributed by atoms with van der Waals surface area (Å²) in [7, 11) is -3.70. The topological polar surface area (TPSA) is 88.9 Å². The summed E-state index contributed by atoms with van der Waals surface area (Å²) in [6.45, 7) is 5.12. The van der Waals surface area contributed by atoms with Crippen molar-refractivity contribution in [2.24, 2.45) is 0 Å². The van der Waals surface area contributed by atoms with E-state index in [9.17, 15) is 13.2 Å². The van der Waals surface area contributed by atoms with E-state index in [2.05, 4.69) is 5.32 Å². The Morgan fingerprint density at radius 1 is 1.38 bits per heavy atom. The van der Waals surface area contributed by atoms with Gasteiger partial charge in [-0.1, -0.05) is 6.92 Å². The fourth-order valence-corrected chi connectivity index (χ4v) is 3.21. The Balaban J connectivity index is 2.13. The van der Waals surface area contributed by atoms with E-state index in [1.54, 1.807) is 0 Å². The van der Waals surface area contributed by atoms with Crippen molar-refractivity contribution in [1.29, 1.82) is 0 Å². The number of nitrogens with one attached hydrogen (secondary N) is 1. The minimum absolute atomic E-state index is 0.00176. The second-order valence-electron chi connectivity index (χ2n) is 4.92. The van der Waals surface area contributed by atoms with Crippen molar-refractivity contribution in [3.05, 3.63) is 17.9 Å². The van der Waals surface area contributed by atoms with Crippen LogP contribution in [0.15, 0.2) is 21.6 Å². The van der Waals surface area contributed by atoms with Gasteiger partial charge in [-0.3, -0.25) is 4.79 Å². The Morgan fingerprint density at radius 2 is 2.05 bits per heavy atom. The fraction of sp³-hybridized carbons (Fsp3) is 0.615. The molecule has 1 saturated heterocycles. The minimum Gasteiger partial charge on any atom is -0.438 e. The largest absolute Gasteiger partial charge is 0.438 e. The highest BCUT2D eigenvalue weighted by Gasteiger charge is 2.30. The van der Waals surface area contributed by atoms with Crippen molar-refractivity contribution < 1.29 is 22.4 Å². The van der Waals surface area contributed by atoms with Crippen LogP contribution in [0.4, 0.5) is 0 Å². The standard InChI is InChI=1S/C13H20N2O5S/c1-3-10(2)14-13(16)11-4-5-12(20-11)21(17,18)15-6-8-19-9-7-15/h4-5,10H,3,6-9H2,1-2H3,(H,14,16). The Bertz CT molecular complexity index is 589. The average Bonchev–Trinajstić information content (AvgIpc) is 2.98. The SMILES string of the molecule is CCC(C)NC(=O)c1ccc(S(=O)(=O)N2CCOCC2)o1. The van der Waals surface area contributed by atoms with Crippen LogP contribution in [0.5, 0.6) is 0 Å². The summed E-state index contributed by atoms with van der Waals surface area (Å²) >= 11 is 0. The molecule has 1 aliphatic heterocycles. The van der Waals surface area contributed by atoms with E-state index in [4.69, 9.17) is 9.15 Å². The molecule has 0 bridgehead atoms. The van der Waals surface area contributed by atoms with Gasteiger partial charge in [0.1, 0.15) is 0 Å². The van der Waals surface area contributed by atoms with Gasteiger partial charge < -0.3 is 14.5 Å². The van der Waals surface area contributed by atoms with Crippen molar-refractivity contribution in [2.75, 3.05) is 26.3 Å². The Labute approximate surface area is 124 Å². The Hall–Kier alpha value is -1.38. The molecule has 118 valence electrons.